The predicted molar refractivity (Wildman–Crippen MR) is 118 cm³/mol. The lowest BCUT2D eigenvalue weighted by atomic mass is 10.1. The van der Waals surface area contributed by atoms with Gasteiger partial charge in [-0.15, -0.1) is 0 Å². The second kappa shape index (κ2) is 10.3. The molecule has 0 radical (unpaired) electrons. The van der Waals surface area contributed by atoms with Crippen molar-refractivity contribution in [2.75, 3.05) is 0 Å². The fraction of sp³-hybridized carbons (Fsp3) is 0.160. The number of para-hydroxylation sites is 1. The highest BCUT2D eigenvalue weighted by molar-refractivity contribution is 5.94. The number of carbonyl (C=O) groups excluding carboxylic acids is 1. The van der Waals surface area contributed by atoms with Gasteiger partial charge in [-0.2, -0.15) is 4.98 Å². The Labute approximate surface area is 186 Å². The molecule has 3 aromatic carbocycles. The summed E-state index contributed by atoms with van der Waals surface area (Å²) in [4.78, 5) is 16.6. The summed E-state index contributed by atoms with van der Waals surface area (Å²) in [6.07, 6.45) is 0. The van der Waals surface area contributed by atoms with Crippen molar-refractivity contribution in [3.63, 3.8) is 0 Å². The maximum Gasteiger partial charge on any atom is 0.251 e. The Balaban J connectivity index is 1.26. The van der Waals surface area contributed by atoms with Crippen LogP contribution in [0.3, 0.4) is 0 Å². The Morgan fingerprint density at radius 1 is 0.875 bits per heavy atom. The molecule has 4 rings (SSSR count). The molecular weight excluding hydrogens is 406 g/mol. The highest BCUT2D eigenvalue weighted by atomic mass is 16.5. The molecular formula is C25H23N3O4. The number of aryl methyl sites for hydroxylation is 1. The minimum atomic E-state index is -0.156. The monoisotopic (exact) mass is 429 g/mol. The Morgan fingerprint density at radius 3 is 2.34 bits per heavy atom. The molecule has 0 aliphatic rings. The van der Waals surface area contributed by atoms with E-state index in [-0.39, 0.29) is 12.5 Å². The van der Waals surface area contributed by atoms with E-state index in [4.69, 9.17) is 14.0 Å². The SMILES string of the molecule is Cc1nc(COc2ccc(C(=O)NCc3cccc(COc4ccccc4)c3)cc2)no1. The van der Waals surface area contributed by atoms with E-state index in [9.17, 15) is 4.79 Å². The Kier molecular flexibility index (Phi) is 6.77. The lowest BCUT2D eigenvalue weighted by Gasteiger charge is -2.09. The van der Waals surface area contributed by atoms with Crippen molar-refractivity contribution >= 4 is 5.91 Å². The van der Waals surface area contributed by atoms with Gasteiger partial charge < -0.3 is 19.3 Å². The molecule has 0 saturated heterocycles. The van der Waals surface area contributed by atoms with Crippen molar-refractivity contribution in [3.05, 3.63) is 107 Å². The van der Waals surface area contributed by atoms with Crippen LogP contribution in [0.1, 0.15) is 33.2 Å². The van der Waals surface area contributed by atoms with Crippen molar-refractivity contribution < 1.29 is 18.8 Å². The number of ether oxygens (including phenoxy) is 2. The van der Waals surface area contributed by atoms with Gasteiger partial charge in [0.2, 0.25) is 11.7 Å². The minimum absolute atomic E-state index is 0.156. The maximum absolute atomic E-state index is 12.5. The van der Waals surface area contributed by atoms with Gasteiger partial charge in [0.1, 0.15) is 18.1 Å². The van der Waals surface area contributed by atoms with Crippen LogP contribution in [-0.2, 0) is 19.8 Å². The third kappa shape index (κ3) is 5.95. The zero-order valence-electron chi connectivity index (χ0n) is 17.7. The number of rotatable bonds is 9. The molecule has 0 spiro atoms. The number of carbonyl (C=O) groups is 1. The van der Waals surface area contributed by atoms with Crippen LogP contribution in [0.4, 0.5) is 0 Å². The summed E-state index contributed by atoms with van der Waals surface area (Å²) in [7, 11) is 0. The average molecular weight is 429 g/mol. The third-order valence-electron chi connectivity index (χ3n) is 4.65. The fourth-order valence-electron chi connectivity index (χ4n) is 3.05. The van der Waals surface area contributed by atoms with Crippen LogP contribution in [0, 0.1) is 6.92 Å². The Hall–Kier alpha value is -4.13. The molecule has 0 atom stereocenters. The van der Waals surface area contributed by atoms with Crippen LogP contribution in [-0.4, -0.2) is 16.0 Å². The quantitative estimate of drug-likeness (QED) is 0.423. The molecule has 7 heteroatoms. The van der Waals surface area contributed by atoms with Crippen molar-refractivity contribution in [2.45, 2.75) is 26.7 Å². The number of nitrogens with zero attached hydrogens (tertiary/aromatic N) is 2. The van der Waals surface area contributed by atoms with Crippen LogP contribution in [0.5, 0.6) is 11.5 Å². The molecule has 1 amide bonds. The number of benzene rings is 3. The summed E-state index contributed by atoms with van der Waals surface area (Å²) in [5.74, 6) is 2.25. The van der Waals surface area contributed by atoms with Gasteiger partial charge in [0.25, 0.3) is 5.91 Å². The van der Waals surface area contributed by atoms with E-state index in [1.807, 2.05) is 54.6 Å². The normalized spacial score (nSPS) is 10.5. The molecule has 1 N–H and O–H groups in total. The topological polar surface area (TPSA) is 86.5 Å². The smallest absolute Gasteiger partial charge is 0.251 e. The molecule has 0 saturated carbocycles. The first-order chi connectivity index (χ1) is 15.7. The summed E-state index contributed by atoms with van der Waals surface area (Å²) in [5, 5.41) is 6.72. The van der Waals surface area contributed by atoms with E-state index >= 15 is 0 Å². The van der Waals surface area contributed by atoms with Gasteiger partial charge in [0.15, 0.2) is 6.61 Å². The molecule has 1 heterocycles. The summed E-state index contributed by atoms with van der Waals surface area (Å²) in [6.45, 7) is 2.82. The van der Waals surface area contributed by atoms with E-state index in [1.54, 1.807) is 31.2 Å². The highest BCUT2D eigenvalue weighted by Crippen LogP contribution is 2.15. The maximum atomic E-state index is 12.5. The van der Waals surface area contributed by atoms with Crippen LogP contribution >= 0.6 is 0 Å². The number of amides is 1. The number of hydrogen-bond acceptors (Lipinski definition) is 6. The molecule has 32 heavy (non-hydrogen) atoms. The first kappa shape index (κ1) is 21.1. The van der Waals surface area contributed by atoms with Gasteiger partial charge in [-0.25, -0.2) is 0 Å². The second-order valence-electron chi connectivity index (χ2n) is 7.15. The van der Waals surface area contributed by atoms with Crippen molar-refractivity contribution in [3.8, 4) is 11.5 Å². The standard InChI is InChI=1S/C25H23N3O4/c1-18-27-24(28-32-18)17-31-23-12-10-21(11-13-23)25(29)26-15-19-6-5-7-20(14-19)16-30-22-8-3-2-4-9-22/h2-14H,15-17H2,1H3,(H,26,29). The Morgan fingerprint density at radius 2 is 1.59 bits per heavy atom. The largest absolute Gasteiger partial charge is 0.489 e. The molecule has 4 aromatic rings. The van der Waals surface area contributed by atoms with Crippen molar-refractivity contribution in [1.29, 1.82) is 0 Å². The first-order valence-electron chi connectivity index (χ1n) is 10.2. The van der Waals surface area contributed by atoms with Gasteiger partial charge in [-0.3, -0.25) is 4.79 Å². The van der Waals surface area contributed by atoms with Crippen LogP contribution < -0.4 is 14.8 Å². The van der Waals surface area contributed by atoms with Crippen LogP contribution in [0.2, 0.25) is 0 Å². The lowest BCUT2D eigenvalue weighted by Crippen LogP contribution is -2.22. The van der Waals surface area contributed by atoms with Crippen LogP contribution in [0.15, 0.2) is 83.4 Å². The number of aromatic nitrogens is 2. The number of nitrogens with one attached hydrogen (secondary N) is 1. The van der Waals surface area contributed by atoms with Gasteiger partial charge in [-0.1, -0.05) is 47.6 Å². The Bertz CT molecular complexity index is 1160. The number of hydrogen-bond donors (Lipinski definition) is 1. The third-order valence-corrected chi connectivity index (χ3v) is 4.65. The first-order valence-corrected chi connectivity index (χ1v) is 10.2. The zero-order valence-corrected chi connectivity index (χ0v) is 17.7. The van der Waals surface area contributed by atoms with Gasteiger partial charge in [-0.05, 0) is 47.5 Å². The molecule has 1 aromatic heterocycles. The van der Waals surface area contributed by atoms with Crippen molar-refractivity contribution in [1.82, 2.24) is 15.5 Å². The van der Waals surface area contributed by atoms with E-state index in [0.717, 1.165) is 16.9 Å². The van der Waals surface area contributed by atoms with E-state index in [0.29, 0.717) is 36.2 Å². The highest BCUT2D eigenvalue weighted by Gasteiger charge is 2.08. The van der Waals surface area contributed by atoms with Crippen LogP contribution in [0.25, 0.3) is 0 Å². The summed E-state index contributed by atoms with van der Waals surface area (Å²) < 4.78 is 16.3. The van der Waals surface area contributed by atoms with E-state index in [1.165, 1.54) is 0 Å². The molecule has 162 valence electrons. The minimum Gasteiger partial charge on any atom is -0.489 e. The molecule has 0 aliphatic carbocycles. The van der Waals surface area contributed by atoms with Gasteiger partial charge in [0, 0.05) is 19.0 Å². The summed E-state index contributed by atoms with van der Waals surface area (Å²) in [6, 6.07) is 24.6. The van der Waals surface area contributed by atoms with Gasteiger partial charge in [0.05, 0.1) is 0 Å². The molecule has 0 unspecified atom stereocenters. The summed E-state index contributed by atoms with van der Waals surface area (Å²) >= 11 is 0. The van der Waals surface area contributed by atoms with Gasteiger partial charge >= 0.3 is 0 Å². The lowest BCUT2D eigenvalue weighted by molar-refractivity contribution is 0.0951. The molecule has 0 fully saturated rings. The predicted octanol–water partition coefficient (Wildman–Crippen LogP) is 4.47. The molecule has 0 aliphatic heterocycles. The average Bonchev–Trinajstić information content (AvgIpc) is 3.26. The molecule has 0 bridgehead atoms. The molecule has 7 nitrogen and oxygen atoms in total. The summed E-state index contributed by atoms with van der Waals surface area (Å²) in [5.41, 5.74) is 2.60. The van der Waals surface area contributed by atoms with E-state index in [2.05, 4.69) is 15.5 Å². The van der Waals surface area contributed by atoms with E-state index < -0.39 is 0 Å². The van der Waals surface area contributed by atoms with Crippen molar-refractivity contribution in [2.24, 2.45) is 0 Å². The fourth-order valence-corrected chi connectivity index (χ4v) is 3.05. The second-order valence-corrected chi connectivity index (χ2v) is 7.15. The zero-order chi connectivity index (χ0) is 22.2.